The summed E-state index contributed by atoms with van der Waals surface area (Å²) in [5, 5.41) is 2.74. The van der Waals surface area contributed by atoms with Crippen LogP contribution in [0.2, 0.25) is 0 Å². The summed E-state index contributed by atoms with van der Waals surface area (Å²) in [4.78, 5) is 15.1. The summed E-state index contributed by atoms with van der Waals surface area (Å²) in [6, 6.07) is -0.374. The van der Waals surface area contributed by atoms with Gasteiger partial charge in [0.1, 0.15) is 6.04 Å². The van der Waals surface area contributed by atoms with E-state index in [0.717, 1.165) is 6.42 Å². The Labute approximate surface area is 73.2 Å². The Bertz CT molecular complexity index is 173. The molecule has 0 aromatic carbocycles. The van der Waals surface area contributed by atoms with Crippen LogP contribution in [0.1, 0.15) is 27.2 Å². The Morgan fingerprint density at radius 2 is 2.25 bits per heavy atom. The van der Waals surface area contributed by atoms with Gasteiger partial charge in [-0.05, 0) is 20.3 Å². The van der Waals surface area contributed by atoms with Gasteiger partial charge in [0, 0.05) is 6.54 Å². The molecule has 0 aliphatic carbocycles. The third-order valence-electron chi connectivity index (χ3n) is 1.33. The fourth-order valence-corrected chi connectivity index (χ4v) is 0.760. The third kappa shape index (κ3) is 4.71. The first-order valence-electron chi connectivity index (χ1n) is 4.15. The zero-order valence-corrected chi connectivity index (χ0v) is 7.92. The minimum Gasteiger partial charge on any atom is -0.388 e. The number of aliphatic imine (C=N–C) groups is 1. The molecule has 0 heterocycles. The molecular formula is C8H17N3O. The molecule has 3 N–H and O–H groups in total. The monoisotopic (exact) mass is 171 g/mol. The molecule has 1 atom stereocenters. The van der Waals surface area contributed by atoms with E-state index in [2.05, 4.69) is 10.3 Å². The van der Waals surface area contributed by atoms with Crippen molar-refractivity contribution in [3.05, 3.63) is 0 Å². The molecule has 0 aliphatic rings. The number of nitrogens with one attached hydrogen (secondary N) is 1. The maximum atomic E-state index is 11.2. The SMILES string of the molecule is CCCNC(=O)C(C)N=C(C)N. The minimum absolute atomic E-state index is 0.0679. The van der Waals surface area contributed by atoms with Crippen LogP contribution in [0.15, 0.2) is 4.99 Å². The van der Waals surface area contributed by atoms with E-state index < -0.39 is 0 Å². The molecular weight excluding hydrogens is 154 g/mol. The predicted molar refractivity (Wildman–Crippen MR) is 50.1 cm³/mol. The van der Waals surface area contributed by atoms with Crippen molar-refractivity contribution in [3.63, 3.8) is 0 Å². The number of rotatable bonds is 4. The zero-order valence-electron chi connectivity index (χ0n) is 7.92. The second-order valence-corrected chi connectivity index (χ2v) is 2.74. The highest BCUT2D eigenvalue weighted by Gasteiger charge is 2.09. The van der Waals surface area contributed by atoms with Crippen LogP contribution in [0, 0.1) is 0 Å². The summed E-state index contributed by atoms with van der Waals surface area (Å²) < 4.78 is 0. The van der Waals surface area contributed by atoms with Crippen molar-refractivity contribution in [1.82, 2.24) is 5.32 Å². The second-order valence-electron chi connectivity index (χ2n) is 2.74. The largest absolute Gasteiger partial charge is 0.388 e. The molecule has 0 aliphatic heterocycles. The van der Waals surface area contributed by atoms with Crippen molar-refractivity contribution < 1.29 is 4.79 Å². The van der Waals surface area contributed by atoms with E-state index in [1.165, 1.54) is 0 Å². The first-order chi connectivity index (χ1) is 5.57. The number of hydrogen-bond donors (Lipinski definition) is 2. The van der Waals surface area contributed by atoms with Crippen LogP contribution < -0.4 is 11.1 Å². The second kappa shape index (κ2) is 5.57. The Balaban J connectivity index is 3.85. The van der Waals surface area contributed by atoms with Gasteiger partial charge in [-0.2, -0.15) is 0 Å². The van der Waals surface area contributed by atoms with Crippen molar-refractivity contribution in [2.75, 3.05) is 6.54 Å². The van der Waals surface area contributed by atoms with Gasteiger partial charge >= 0.3 is 0 Å². The fourth-order valence-electron chi connectivity index (χ4n) is 0.760. The van der Waals surface area contributed by atoms with Crippen LogP contribution in [-0.4, -0.2) is 24.3 Å². The molecule has 12 heavy (non-hydrogen) atoms. The lowest BCUT2D eigenvalue weighted by atomic mass is 10.3. The van der Waals surface area contributed by atoms with Crippen molar-refractivity contribution in [3.8, 4) is 0 Å². The molecule has 0 saturated heterocycles. The molecule has 1 amide bonds. The first-order valence-corrected chi connectivity index (χ1v) is 4.15. The van der Waals surface area contributed by atoms with Gasteiger partial charge in [0.2, 0.25) is 5.91 Å². The van der Waals surface area contributed by atoms with Crippen molar-refractivity contribution >= 4 is 11.7 Å². The predicted octanol–water partition coefficient (Wildman–Crippen LogP) is 0.278. The maximum Gasteiger partial charge on any atom is 0.244 e. The molecule has 0 fully saturated rings. The summed E-state index contributed by atoms with van der Waals surface area (Å²) in [7, 11) is 0. The molecule has 4 nitrogen and oxygen atoms in total. The highest BCUT2D eigenvalue weighted by Crippen LogP contribution is 1.89. The lowest BCUT2D eigenvalue weighted by Gasteiger charge is -2.07. The highest BCUT2D eigenvalue weighted by molar-refractivity contribution is 5.86. The number of amidine groups is 1. The lowest BCUT2D eigenvalue weighted by Crippen LogP contribution is -2.33. The fraction of sp³-hybridized carbons (Fsp3) is 0.750. The molecule has 0 radical (unpaired) electrons. The van der Waals surface area contributed by atoms with Gasteiger partial charge in [-0.25, -0.2) is 0 Å². The van der Waals surface area contributed by atoms with Crippen molar-refractivity contribution in [2.45, 2.75) is 33.2 Å². The quantitative estimate of drug-likeness (QED) is 0.471. The van der Waals surface area contributed by atoms with Gasteiger partial charge in [0.05, 0.1) is 5.84 Å². The Morgan fingerprint density at radius 3 is 2.67 bits per heavy atom. The maximum absolute atomic E-state index is 11.2. The van der Waals surface area contributed by atoms with Crippen LogP contribution in [0.4, 0.5) is 0 Å². The van der Waals surface area contributed by atoms with E-state index in [-0.39, 0.29) is 11.9 Å². The number of hydrogen-bond acceptors (Lipinski definition) is 2. The lowest BCUT2D eigenvalue weighted by molar-refractivity contribution is -0.121. The van der Waals surface area contributed by atoms with E-state index in [0.29, 0.717) is 12.4 Å². The number of nitrogens with zero attached hydrogens (tertiary/aromatic N) is 1. The van der Waals surface area contributed by atoms with E-state index in [1.807, 2.05) is 6.92 Å². The van der Waals surface area contributed by atoms with Crippen LogP contribution in [0.25, 0.3) is 0 Å². The van der Waals surface area contributed by atoms with E-state index in [4.69, 9.17) is 5.73 Å². The van der Waals surface area contributed by atoms with E-state index >= 15 is 0 Å². The molecule has 1 unspecified atom stereocenters. The summed E-state index contributed by atoms with van der Waals surface area (Å²) in [6.45, 7) is 6.09. The van der Waals surface area contributed by atoms with Crippen LogP contribution >= 0.6 is 0 Å². The molecule has 0 bridgehead atoms. The summed E-state index contributed by atoms with van der Waals surface area (Å²) in [5.41, 5.74) is 5.33. The minimum atomic E-state index is -0.374. The number of nitrogens with two attached hydrogens (primary N) is 1. The van der Waals surface area contributed by atoms with Gasteiger partial charge in [0.15, 0.2) is 0 Å². The summed E-state index contributed by atoms with van der Waals surface area (Å²) in [6.07, 6.45) is 0.934. The van der Waals surface area contributed by atoms with Gasteiger partial charge in [0.25, 0.3) is 0 Å². The zero-order chi connectivity index (χ0) is 9.56. The smallest absolute Gasteiger partial charge is 0.244 e. The van der Waals surface area contributed by atoms with E-state index in [1.54, 1.807) is 13.8 Å². The van der Waals surface area contributed by atoms with Crippen LogP contribution in [0.5, 0.6) is 0 Å². The van der Waals surface area contributed by atoms with Crippen molar-refractivity contribution in [1.29, 1.82) is 0 Å². The molecule has 0 spiro atoms. The van der Waals surface area contributed by atoms with Gasteiger partial charge in [-0.15, -0.1) is 0 Å². The molecule has 70 valence electrons. The van der Waals surface area contributed by atoms with E-state index in [9.17, 15) is 4.79 Å². The summed E-state index contributed by atoms with van der Waals surface area (Å²) in [5.74, 6) is 0.371. The average molecular weight is 171 g/mol. The molecule has 0 rings (SSSR count). The third-order valence-corrected chi connectivity index (χ3v) is 1.33. The summed E-state index contributed by atoms with van der Waals surface area (Å²) >= 11 is 0. The van der Waals surface area contributed by atoms with Gasteiger partial charge in [-0.1, -0.05) is 6.92 Å². The standard InChI is InChI=1S/C8H17N3O/c1-4-5-10-8(12)6(2)11-7(3)9/h6H,4-5H2,1-3H3,(H2,9,11)(H,10,12). The molecule has 0 saturated carbocycles. The van der Waals surface area contributed by atoms with Crippen molar-refractivity contribution in [2.24, 2.45) is 10.7 Å². The first kappa shape index (κ1) is 10.9. The average Bonchev–Trinajstić information content (AvgIpc) is 1.98. The topological polar surface area (TPSA) is 67.5 Å². The van der Waals surface area contributed by atoms with Crippen LogP contribution in [0.3, 0.4) is 0 Å². The normalized spacial score (nSPS) is 14.1. The Morgan fingerprint density at radius 1 is 1.67 bits per heavy atom. The van der Waals surface area contributed by atoms with Gasteiger partial charge < -0.3 is 11.1 Å². The number of carbonyl (C=O) groups is 1. The van der Waals surface area contributed by atoms with Crippen LogP contribution in [-0.2, 0) is 4.79 Å². The van der Waals surface area contributed by atoms with Gasteiger partial charge in [-0.3, -0.25) is 9.79 Å². The number of carbonyl (C=O) groups excluding carboxylic acids is 1. The Kier molecular flexibility index (Phi) is 5.08. The Hall–Kier alpha value is -1.06. The molecule has 4 heteroatoms. The molecule has 0 aromatic heterocycles. The number of amides is 1. The molecule has 0 aromatic rings. The highest BCUT2D eigenvalue weighted by atomic mass is 16.2.